The number of rotatable bonds is 5. The van der Waals surface area contributed by atoms with Gasteiger partial charge in [-0.25, -0.2) is 0 Å². The van der Waals surface area contributed by atoms with Crippen LogP contribution >= 0.6 is 0 Å². The number of nitrogens with one attached hydrogen (secondary N) is 1. The summed E-state index contributed by atoms with van der Waals surface area (Å²) in [5, 5.41) is 3.28. The Labute approximate surface area is 102 Å². The highest BCUT2D eigenvalue weighted by Gasteiger charge is 2.14. The van der Waals surface area contributed by atoms with Gasteiger partial charge in [-0.2, -0.15) is 0 Å². The van der Waals surface area contributed by atoms with Crippen LogP contribution in [0.1, 0.15) is 12.0 Å². The third-order valence-electron chi connectivity index (χ3n) is 2.95. The molecule has 1 fully saturated rings. The molecular formula is C13H19NO3. The molecule has 1 saturated heterocycles. The fraction of sp³-hybridized carbons (Fsp3) is 0.538. The maximum absolute atomic E-state index is 5.80. The van der Waals surface area contributed by atoms with Gasteiger partial charge in [-0.15, -0.1) is 0 Å². The van der Waals surface area contributed by atoms with E-state index in [-0.39, 0.29) is 0 Å². The van der Waals surface area contributed by atoms with Gasteiger partial charge >= 0.3 is 0 Å². The Kier molecular flexibility index (Phi) is 4.23. The van der Waals surface area contributed by atoms with Crippen molar-refractivity contribution in [1.29, 1.82) is 0 Å². The van der Waals surface area contributed by atoms with Crippen molar-refractivity contribution in [3.05, 3.63) is 23.8 Å². The van der Waals surface area contributed by atoms with Crippen LogP contribution in [0.15, 0.2) is 18.2 Å². The molecule has 1 aromatic carbocycles. The molecule has 0 aliphatic carbocycles. The molecular weight excluding hydrogens is 218 g/mol. The number of hydrogen-bond donors (Lipinski definition) is 1. The van der Waals surface area contributed by atoms with Gasteiger partial charge < -0.3 is 19.5 Å². The Morgan fingerprint density at radius 2 is 2.06 bits per heavy atom. The first-order chi connectivity index (χ1) is 8.33. The summed E-state index contributed by atoms with van der Waals surface area (Å²) in [6.07, 6.45) is 1.43. The second kappa shape index (κ2) is 5.89. The lowest BCUT2D eigenvalue weighted by Crippen LogP contribution is -2.16. The van der Waals surface area contributed by atoms with E-state index < -0.39 is 0 Å². The molecule has 4 heteroatoms. The summed E-state index contributed by atoms with van der Waals surface area (Å²) in [6, 6.07) is 5.87. The molecule has 1 aliphatic rings. The standard InChI is InChI=1S/C13H19NO3/c1-15-12-4-3-10(7-13(12)16-2)9-17-11-5-6-14-8-11/h3-4,7,11,14H,5-6,8-9H2,1-2H3. The Hall–Kier alpha value is -1.26. The van der Waals surface area contributed by atoms with Gasteiger partial charge in [0.25, 0.3) is 0 Å². The maximum atomic E-state index is 5.80. The fourth-order valence-electron chi connectivity index (χ4n) is 1.95. The van der Waals surface area contributed by atoms with Crippen molar-refractivity contribution in [1.82, 2.24) is 5.32 Å². The number of hydrogen-bond acceptors (Lipinski definition) is 4. The first-order valence-electron chi connectivity index (χ1n) is 5.86. The normalized spacial score (nSPS) is 19.3. The lowest BCUT2D eigenvalue weighted by molar-refractivity contribution is 0.0541. The van der Waals surface area contributed by atoms with Crippen molar-refractivity contribution >= 4 is 0 Å². The molecule has 1 aliphatic heterocycles. The number of methoxy groups -OCH3 is 2. The summed E-state index contributed by atoms with van der Waals surface area (Å²) in [5.41, 5.74) is 1.11. The monoisotopic (exact) mass is 237 g/mol. The molecule has 1 heterocycles. The van der Waals surface area contributed by atoms with Crippen LogP contribution in [0.25, 0.3) is 0 Å². The van der Waals surface area contributed by atoms with Crippen LogP contribution < -0.4 is 14.8 Å². The van der Waals surface area contributed by atoms with Gasteiger partial charge in [-0.05, 0) is 30.7 Å². The van der Waals surface area contributed by atoms with Gasteiger partial charge in [-0.3, -0.25) is 0 Å². The summed E-state index contributed by atoms with van der Waals surface area (Å²) in [4.78, 5) is 0. The molecule has 94 valence electrons. The summed E-state index contributed by atoms with van der Waals surface area (Å²) in [7, 11) is 3.28. The molecule has 2 rings (SSSR count). The maximum Gasteiger partial charge on any atom is 0.161 e. The van der Waals surface area contributed by atoms with E-state index in [4.69, 9.17) is 14.2 Å². The van der Waals surface area contributed by atoms with Crippen LogP contribution in [-0.2, 0) is 11.3 Å². The van der Waals surface area contributed by atoms with Gasteiger partial charge in [0.2, 0.25) is 0 Å². The molecule has 1 atom stereocenters. The number of ether oxygens (including phenoxy) is 3. The molecule has 4 nitrogen and oxygen atoms in total. The zero-order valence-electron chi connectivity index (χ0n) is 10.4. The smallest absolute Gasteiger partial charge is 0.161 e. The van der Waals surface area contributed by atoms with E-state index in [0.29, 0.717) is 12.7 Å². The van der Waals surface area contributed by atoms with Crippen molar-refractivity contribution in [2.75, 3.05) is 27.3 Å². The minimum absolute atomic E-state index is 0.336. The summed E-state index contributed by atoms with van der Waals surface area (Å²) in [5.74, 6) is 1.50. The predicted octanol–water partition coefficient (Wildman–Crippen LogP) is 1.58. The molecule has 0 spiro atoms. The quantitative estimate of drug-likeness (QED) is 0.844. The SMILES string of the molecule is COc1ccc(COC2CCNC2)cc1OC. The van der Waals surface area contributed by atoms with E-state index in [1.165, 1.54) is 0 Å². The lowest BCUT2D eigenvalue weighted by atomic mass is 10.2. The zero-order valence-corrected chi connectivity index (χ0v) is 10.4. The summed E-state index contributed by atoms with van der Waals surface area (Å²) < 4.78 is 16.3. The third kappa shape index (κ3) is 3.11. The highest BCUT2D eigenvalue weighted by molar-refractivity contribution is 5.42. The summed E-state index contributed by atoms with van der Waals surface area (Å²) >= 11 is 0. The van der Waals surface area contributed by atoms with E-state index >= 15 is 0 Å². The van der Waals surface area contributed by atoms with Gasteiger partial charge in [0.15, 0.2) is 11.5 Å². The van der Waals surface area contributed by atoms with Crippen molar-refractivity contribution < 1.29 is 14.2 Å². The Balaban J connectivity index is 1.95. The Bertz CT molecular complexity index is 362. The van der Waals surface area contributed by atoms with Gasteiger partial charge in [0.05, 0.1) is 26.9 Å². The molecule has 1 aromatic rings. The molecule has 0 amide bonds. The fourth-order valence-corrected chi connectivity index (χ4v) is 1.95. The van der Waals surface area contributed by atoms with Crippen LogP contribution in [-0.4, -0.2) is 33.4 Å². The predicted molar refractivity (Wildman–Crippen MR) is 65.6 cm³/mol. The summed E-state index contributed by atoms with van der Waals surface area (Å²) in [6.45, 7) is 2.62. The van der Waals surface area contributed by atoms with Crippen LogP contribution in [0.2, 0.25) is 0 Å². The molecule has 0 saturated carbocycles. The van der Waals surface area contributed by atoms with Gasteiger partial charge in [0.1, 0.15) is 0 Å². The minimum atomic E-state index is 0.336. The van der Waals surface area contributed by atoms with Gasteiger partial charge in [-0.1, -0.05) is 6.07 Å². The van der Waals surface area contributed by atoms with Crippen LogP contribution in [0, 0.1) is 0 Å². The van der Waals surface area contributed by atoms with Crippen molar-refractivity contribution in [2.45, 2.75) is 19.1 Å². The molecule has 0 bridgehead atoms. The molecule has 17 heavy (non-hydrogen) atoms. The highest BCUT2D eigenvalue weighted by Crippen LogP contribution is 2.27. The molecule has 1 unspecified atom stereocenters. The zero-order chi connectivity index (χ0) is 12.1. The average molecular weight is 237 g/mol. The lowest BCUT2D eigenvalue weighted by Gasteiger charge is -2.12. The first kappa shape index (κ1) is 12.2. The van der Waals surface area contributed by atoms with Gasteiger partial charge in [0, 0.05) is 6.54 Å². The van der Waals surface area contributed by atoms with E-state index in [1.807, 2.05) is 18.2 Å². The largest absolute Gasteiger partial charge is 0.493 e. The third-order valence-corrected chi connectivity index (χ3v) is 2.95. The van der Waals surface area contributed by atoms with E-state index in [1.54, 1.807) is 14.2 Å². The minimum Gasteiger partial charge on any atom is -0.493 e. The van der Waals surface area contributed by atoms with Crippen LogP contribution in [0.5, 0.6) is 11.5 Å². The number of benzene rings is 1. The van der Waals surface area contributed by atoms with Crippen LogP contribution in [0.3, 0.4) is 0 Å². The van der Waals surface area contributed by atoms with Crippen molar-refractivity contribution in [2.24, 2.45) is 0 Å². The van der Waals surface area contributed by atoms with Crippen molar-refractivity contribution in [3.63, 3.8) is 0 Å². The highest BCUT2D eigenvalue weighted by atomic mass is 16.5. The average Bonchev–Trinajstić information content (AvgIpc) is 2.89. The van der Waals surface area contributed by atoms with Crippen LogP contribution in [0.4, 0.5) is 0 Å². The van der Waals surface area contributed by atoms with E-state index in [9.17, 15) is 0 Å². The van der Waals surface area contributed by atoms with Crippen molar-refractivity contribution in [3.8, 4) is 11.5 Å². The second-order valence-electron chi connectivity index (χ2n) is 4.12. The second-order valence-corrected chi connectivity index (χ2v) is 4.12. The molecule has 0 radical (unpaired) electrons. The molecule has 1 N–H and O–H groups in total. The Morgan fingerprint density at radius 3 is 2.71 bits per heavy atom. The first-order valence-corrected chi connectivity index (χ1v) is 5.86. The topological polar surface area (TPSA) is 39.7 Å². The van der Waals surface area contributed by atoms with E-state index in [2.05, 4.69) is 5.32 Å². The molecule has 0 aromatic heterocycles. The van der Waals surface area contributed by atoms with E-state index in [0.717, 1.165) is 36.6 Å². The Morgan fingerprint density at radius 1 is 1.24 bits per heavy atom.